The van der Waals surface area contributed by atoms with Gasteiger partial charge in [0.15, 0.2) is 5.96 Å². The van der Waals surface area contributed by atoms with E-state index in [9.17, 15) is 0 Å². The molecule has 2 N–H and O–H groups in total. The predicted molar refractivity (Wildman–Crippen MR) is 129 cm³/mol. The van der Waals surface area contributed by atoms with Gasteiger partial charge in [0.05, 0.1) is 6.26 Å². The average Bonchev–Trinajstić information content (AvgIpc) is 3.42. The van der Waals surface area contributed by atoms with Gasteiger partial charge in [-0.1, -0.05) is 12.8 Å². The van der Waals surface area contributed by atoms with Crippen molar-refractivity contribution in [3.05, 3.63) is 24.2 Å². The third-order valence-electron chi connectivity index (χ3n) is 5.88. The Morgan fingerprint density at radius 1 is 1.24 bits per heavy atom. The zero-order valence-electron chi connectivity index (χ0n) is 17.9. The molecule has 29 heavy (non-hydrogen) atoms. The number of hydrogen-bond donors (Lipinski definition) is 2. The van der Waals surface area contributed by atoms with Gasteiger partial charge in [-0.05, 0) is 51.2 Å². The highest BCUT2D eigenvalue weighted by molar-refractivity contribution is 14.0. The molecular formula is C22H39IN4O2. The zero-order valence-corrected chi connectivity index (χ0v) is 20.2. The molecule has 2 heterocycles. The molecule has 166 valence electrons. The predicted octanol–water partition coefficient (Wildman–Crippen LogP) is 3.81. The average molecular weight is 518 g/mol. The number of furan rings is 1. The molecular weight excluding hydrogens is 479 g/mol. The van der Waals surface area contributed by atoms with Gasteiger partial charge >= 0.3 is 0 Å². The van der Waals surface area contributed by atoms with Crippen molar-refractivity contribution in [1.82, 2.24) is 15.5 Å². The molecule has 0 bridgehead atoms. The van der Waals surface area contributed by atoms with Crippen molar-refractivity contribution in [2.45, 2.75) is 70.4 Å². The van der Waals surface area contributed by atoms with Gasteiger partial charge in [0.1, 0.15) is 5.76 Å². The Morgan fingerprint density at radius 3 is 2.72 bits per heavy atom. The molecule has 7 heteroatoms. The minimum absolute atomic E-state index is 0. The van der Waals surface area contributed by atoms with Crippen molar-refractivity contribution in [3.63, 3.8) is 0 Å². The van der Waals surface area contributed by atoms with Crippen LogP contribution in [0.2, 0.25) is 0 Å². The smallest absolute Gasteiger partial charge is 0.191 e. The second kappa shape index (κ2) is 14.2. The maximum atomic E-state index is 5.43. The van der Waals surface area contributed by atoms with Gasteiger partial charge in [-0.3, -0.25) is 4.99 Å². The maximum Gasteiger partial charge on any atom is 0.191 e. The van der Waals surface area contributed by atoms with Gasteiger partial charge in [-0.25, -0.2) is 0 Å². The summed E-state index contributed by atoms with van der Waals surface area (Å²) in [5.41, 5.74) is 0. The van der Waals surface area contributed by atoms with Gasteiger partial charge in [0.2, 0.25) is 0 Å². The number of likely N-dealkylation sites (tertiary alicyclic amines) is 1. The molecule has 1 aliphatic carbocycles. The molecule has 0 spiro atoms. The van der Waals surface area contributed by atoms with E-state index in [0.717, 1.165) is 56.9 Å². The first-order chi connectivity index (χ1) is 13.8. The third-order valence-corrected chi connectivity index (χ3v) is 5.88. The second-order valence-corrected chi connectivity index (χ2v) is 7.93. The van der Waals surface area contributed by atoms with Crippen molar-refractivity contribution in [3.8, 4) is 0 Å². The van der Waals surface area contributed by atoms with E-state index in [1.165, 1.54) is 51.6 Å². The van der Waals surface area contributed by atoms with Crippen molar-refractivity contribution >= 4 is 29.9 Å². The van der Waals surface area contributed by atoms with Crippen LogP contribution in [0.25, 0.3) is 0 Å². The highest BCUT2D eigenvalue weighted by Gasteiger charge is 2.27. The zero-order chi connectivity index (χ0) is 19.4. The van der Waals surface area contributed by atoms with Crippen LogP contribution in [-0.4, -0.2) is 62.3 Å². The van der Waals surface area contributed by atoms with Crippen LogP contribution in [0.15, 0.2) is 27.8 Å². The van der Waals surface area contributed by atoms with Crippen LogP contribution in [0.5, 0.6) is 0 Å². The molecule has 1 saturated heterocycles. The van der Waals surface area contributed by atoms with E-state index in [2.05, 4.69) is 15.5 Å². The lowest BCUT2D eigenvalue weighted by Gasteiger charge is -2.36. The van der Waals surface area contributed by atoms with Crippen LogP contribution in [0.3, 0.4) is 0 Å². The number of rotatable bonds is 10. The summed E-state index contributed by atoms with van der Waals surface area (Å²) in [6.45, 7) is 7.63. The van der Waals surface area contributed by atoms with Gasteiger partial charge in [-0.2, -0.15) is 0 Å². The summed E-state index contributed by atoms with van der Waals surface area (Å²) in [5.74, 6) is 1.94. The number of ether oxygens (including phenoxy) is 1. The Labute approximate surface area is 193 Å². The van der Waals surface area contributed by atoms with Crippen LogP contribution < -0.4 is 10.6 Å². The number of nitrogens with one attached hydrogen (secondary N) is 2. The Kier molecular flexibility index (Phi) is 12.0. The largest absolute Gasteiger partial charge is 0.469 e. The molecule has 1 aliphatic heterocycles. The summed E-state index contributed by atoms with van der Waals surface area (Å²) in [4.78, 5) is 7.49. The van der Waals surface area contributed by atoms with Crippen LogP contribution >= 0.6 is 24.0 Å². The number of nitrogens with zero attached hydrogens (tertiary/aromatic N) is 2. The lowest BCUT2D eigenvalue weighted by atomic mass is 10.0. The first-order valence-corrected chi connectivity index (χ1v) is 11.2. The second-order valence-electron chi connectivity index (χ2n) is 7.93. The molecule has 0 amide bonds. The van der Waals surface area contributed by atoms with Gasteiger partial charge < -0.3 is 24.7 Å². The van der Waals surface area contributed by atoms with E-state index < -0.39 is 0 Å². The standard InChI is InChI=1S/C22H38N4O2.HI/c1-2-27-17-6-13-23-22(24-14-10-21-9-5-18-28-21)25-19-11-15-26(16-12-19)20-7-3-4-8-20;/h5,9,18-20H,2-4,6-8,10-17H2,1H3,(H2,23,24,25);1H. The minimum Gasteiger partial charge on any atom is -0.469 e. The van der Waals surface area contributed by atoms with E-state index in [0.29, 0.717) is 6.04 Å². The molecule has 1 saturated carbocycles. The topological polar surface area (TPSA) is 62.0 Å². The highest BCUT2D eigenvalue weighted by Crippen LogP contribution is 2.26. The summed E-state index contributed by atoms with van der Waals surface area (Å²) in [7, 11) is 0. The monoisotopic (exact) mass is 518 g/mol. The SMILES string of the molecule is CCOCCCN=C(NCCc1ccco1)NC1CCN(C2CCCC2)CC1.I. The third kappa shape index (κ3) is 8.84. The Morgan fingerprint density at radius 2 is 2.03 bits per heavy atom. The fourth-order valence-corrected chi connectivity index (χ4v) is 4.29. The van der Waals surface area contributed by atoms with E-state index in [1.807, 2.05) is 19.1 Å². The molecule has 0 unspecified atom stereocenters. The quantitative estimate of drug-likeness (QED) is 0.214. The Balaban J connectivity index is 0.00000300. The number of halogens is 1. The maximum absolute atomic E-state index is 5.43. The molecule has 1 aromatic rings. The molecule has 2 aliphatic rings. The van der Waals surface area contributed by atoms with Crippen LogP contribution in [0.4, 0.5) is 0 Å². The lowest BCUT2D eigenvalue weighted by Crippen LogP contribution is -2.50. The van der Waals surface area contributed by atoms with E-state index >= 15 is 0 Å². The molecule has 1 aromatic heterocycles. The van der Waals surface area contributed by atoms with E-state index in [-0.39, 0.29) is 24.0 Å². The lowest BCUT2D eigenvalue weighted by molar-refractivity contribution is 0.146. The molecule has 0 radical (unpaired) electrons. The first kappa shape index (κ1) is 24.5. The molecule has 2 fully saturated rings. The minimum atomic E-state index is 0. The van der Waals surface area contributed by atoms with Gasteiger partial charge in [-0.15, -0.1) is 24.0 Å². The first-order valence-electron chi connectivity index (χ1n) is 11.2. The number of hydrogen-bond acceptors (Lipinski definition) is 4. The van der Waals surface area contributed by atoms with E-state index in [1.54, 1.807) is 6.26 Å². The van der Waals surface area contributed by atoms with E-state index in [4.69, 9.17) is 14.1 Å². The molecule has 3 rings (SSSR count). The fourth-order valence-electron chi connectivity index (χ4n) is 4.29. The van der Waals surface area contributed by atoms with Crippen LogP contribution in [0, 0.1) is 0 Å². The Hall–Kier alpha value is -0.800. The Bertz CT molecular complexity index is 553. The summed E-state index contributed by atoms with van der Waals surface area (Å²) in [6, 6.07) is 5.32. The fraction of sp³-hybridized carbons (Fsp3) is 0.773. The number of piperidine rings is 1. The van der Waals surface area contributed by atoms with Crippen molar-refractivity contribution in [2.24, 2.45) is 4.99 Å². The van der Waals surface area contributed by atoms with Crippen molar-refractivity contribution < 1.29 is 9.15 Å². The van der Waals surface area contributed by atoms with Gasteiger partial charge in [0.25, 0.3) is 0 Å². The summed E-state index contributed by atoms with van der Waals surface area (Å²) in [6.07, 6.45) is 11.6. The molecule has 0 aromatic carbocycles. The summed E-state index contributed by atoms with van der Waals surface area (Å²) < 4.78 is 10.9. The summed E-state index contributed by atoms with van der Waals surface area (Å²) in [5, 5.41) is 7.17. The highest BCUT2D eigenvalue weighted by atomic mass is 127. The molecule has 6 nitrogen and oxygen atoms in total. The van der Waals surface area contributed by atoms with Crippen molar-refractivity contribution in [1.29, 1.82) is 0 Å². The van der Waals surface area contributed by atoms with Gasteiger partial charge in [0, 0.05) is 57.9 Å². The van der Waals surface area contributed by atoms with Crippen LogP contribution in [-0.2, 0) is 11.2 Å². The number of aliphatic imine (C=N–C) groups is 1. The normalized spacial score (nSPS) is 19.3. The van der Waals surface area contributed by atoms with Crippen LogP contribution in [0.1, 0.15) is 57.6 Å². The molecule has 0 atom stereocenters. The van der Waals surface area contributed by atoms with Crippen molar-refractivity contribution in [2.75, 3.05) is 39.4 Å². The summed E-state index contributed by atoms with van der Waals surface area (Å²) >= 11 is 0. The number of guanidine groups is 1.